The third-order valence-electron chi connectivity index (χ3n) is 3.18. The molecule has 2 rings (SSSR count). The zero-order chi connectivity index (χ0) is 17.7. The van der Waals surface area contributed by atoms with Crippen LogP contribution in [0.5, 0.6) is 0 Å². The van der Waals surface area contributed by atoms with Crippen LogP contribution in [0.1, 0.15) is 12.0 Å². The van der Waals surface area contributed by atoms with Crippen LogP contribution in [0.3, 0.4) is 0 Å². The average molecular weight is 344 g/mol. The second kappa shape index (κ2) is 7.37. The number of carbonyl (C=O) groups is 1. The number of halogens is 5. The number of aryl methyl sites for hydroxylation is 1. The number of benzene rings is 1. The Kier molecular flexibility index (Phi) is 5.48. The van der Waals surface area contributed by atoms with Gasteiger partial charge in [0.15, 0.2) is 0 Å². The first-order chi connectivity index (χ1) is 11.3. The Morgan fingerprint density at radius 3 is 2.50 bits per heavy atom. The molecule has 128 valence electrons. The van der Waals surface area contributed by atoms with Crippen molar-refractivity contribution in [2.24, 2.45) is 0 Å². The maximum Gasteiger partial charge on any atom is 0.406 e. The van der Waals surface area contributed by atoms with Gasteiger partial charge in [0.1, 0.15) is 24.0 Å². The lowest BCUT2D eigenvalue weighted by molar-refractivity contribution is -0.132. The summed E-state index contributed by atoms with van der Waals surface area (Å²) in [4.78, 5) is 16.4. The summed E-state index contributed by atoms with van der Waals surface area (Å²) in [5, 5.41) is 0. The number of rotatable bonds is 5. The molecule has 8 heteroatoms. The van der Waals surface area contributed by atoms with Crippen molar-refractivity contribution in [1.29, 1.82) is 0 Å². The van der Waals surface area contributed by atoms with Gasteiger partial charge in [0.25, 0.3) is 0 Å². The zero-order valence-corrected chi connectivity index (χ0v) is 12.4. The molecule has 0 aliphatic heterocycles. The molecule has 1 aromatic heterocycles. The van der Waals surface area contributed by atoms with Gasteiger partial charge >= 0.3 is 6.18 Å². The van der Waals surface area contributed by atoms with E-state index in [1.54, 1.807) is 0 Å². The molecule has 1 heterocycles. The van der Waals surface area contributed by atoms with Crippen LogP contribution in [-0.2, 0) is 11.2 Å². The van der Waals surface area contributed by atoms with Crippen molar-refractivity contribution in [3.63, 3.8) is 0 Å². The average Bonchev–Trinajstić information content (AvgIpc) is 2.53. The van der Waals surface area contributed by atoms with Gasteiger partial charge in [-0.05, 0) is 42.3 Å². The van der Waals surface area contributed by atoms with Crippen molar-refractivity contribution in [3.8, 4) is 0 Å². The second-order valence-corrected chi connectivity index (χ2v) is 5.02. The Morgan fingerprint density at radius 1 is 1.12 bits per heavy atom. The molecule has 0 radical (unpaired) electrons. The lowest BCUT2D eigenvalue weighted by Gasteiger charge is -2.23. The van der Waals surface area contributed by atoms with Gasteiger partial charge < -0.3 is 0 Å². The van der Waals surface area contributed by atoms with Crippen molar-refractivity contribution >= 4 is 11.7 Å². The molecule has 0 unspecified atom stereocenters. The fourth-order valence-electron chi connectivity index (χ4n) is 2.10. The predicted octanol–water partition coefficient (Wildman–Crippen LogP) is 3.89. The van der Waals surface area contributed by atoms with Crippen molar-refractivity contribution < 1.29 is 26.7 Å². The number of carbonyl (C=O) groups excluding carboxylic acids is 1. The van der Waals surface area contributed by atoms with Crippen molar-refractivity contribution in [2.45, 2.75) is 19.0 Å². The van der Waals surface area contributed by atoms with Crippen molar-refractivity contribution in [2.75, 3.05) is 11.4 Å². The molecule has 0 bridgehead atoms. The van der Waals surface area contributed by atoms with Crippen LogP contribution in [0.2, 0.25) is 0 Å². The highest BCUT2D eigenvalue weighted by molar-refractivity contribution is 5.92. The van der Waals surface area contributed by atoms with E-state index in [1.807, 2.05) is 0 Å². The lowest BCUT2D eigenvalue weighted by atomic mass is 10.1. The second-order valence-electron chi connectivity index (χ2n) is 5.02. The Balaban J connectivity index is 2.14. The molecule has 2 aromatic rings. The molecule has 0 N–H and O–H groups in total. The van der Waals surface area contributed by atoms with Gasteiger partial charge in [-0.2, -0.15) is 13.2 Å². The number of anilines is 1. The van der Waals surface area contributed by atoms with Crippen molar-refractivity contribution in [3.05, 3.63) is 59.8 Å². The van der Waals surface area contributed by atoms with Crippen LogP contribution < -0.4 is 4.90 Å². The van der Waals surface area contributed by atoms with Crippen LogP contribution in [0.25, 0.3) is 0 Å². The number of aromatic nitrogens is 1. The molecule has 1 amide bonds. The van der Waals surface area contributed by atoms with Gasteiger partial charge in [-0.25, -0.2) is 13.8 Å². The van der Waals surface area contributed by atoms with Crippen LogP contribution in [0.4, 0.5) is 27.8 Å². The summed E-state index contributed by atoms with van der Waals surface area (Å²) >= 11 is 0. The fraction of sp³-hybridized carbons (Fsp3) is 0.250. The minimum absolute atomic E-state index is 0.0728. The maximum atomic E-state index is 13.5. The van der Waals surface area contributed by atoms with Gasteiger partial charge in [-0.1, -0.05) is 6.07 Å². The Morgan fingerprint density at radius 2 is 1.88 bits per heavy atom. The number of hydrogen-bond acceptors (Lipinski definition) is 2. The summed E-state index contributed by atoms with van der Waals surface area (Å²) in [5.41, 5.74) is -0.0728. The van der Waals surface area contributed by atoms with Gasteiger partial charge in [-0.3, -0.25) is 9.69 Å². The normalized spacial score (nSPS) is 11.4. The van der Waals surface area contributed by atoms with E-state index in [1.165, 1.54) is 24.4 Å². The Hall–Kier alpha value is -2.51. The van der Waals surface area contributed by atoms with Crippen LogP contribution in [0, 0.1) is 11.6 Å². The van der Waals surface area contributed by atoms with E-state index < -0.39 is 36.7 Å². The molecule has 24 heavy (non-hydrogen) atoms. The number of hydrogen-bond donors (Lipinski definition) is 0. The van der Waals surface area contributed by atoms with Gasteiger partial charge in [0.05, 0.1) is 0 Å². The number of pyridine rings is 1. The summed E-state index contributed by atoms with van der Waals surface area (Å²) in [6, 6.07) is 6.96. The van der Waals surface area contributed by atoms with Gasteiger partial charge in [0.2, 0.25) is 5.91 Å². The van der Waals surface area contributed by atoms with E-state index in [4.69, 9.17) is 0 Å². The molecule has 0 saturated heterocycles. The maximum absolute atomic E-state index is 13.5. The highest BCUT2D eigenvalue weighted by Gasteiger charge is 2.34. The molecule has 0 spiro atoms. The summed E-state index contributed by atoms with van der Waals surface area (Å²) in [5.74, 6) is -2.44. The third kappa shape index (κ3) is 5.00. The van der Waals surface area contributed by atoms with E-state index in [-0.39, 0.29) is 17.8 Å². The Labute approximate surface area is 134 Å². The van der Waals surface area contributed by atoms with E-state index >= 15 is 0 Å². The highest BCUT2D eigenvalue weighted by atomic mass is 19.4. The summed E-state index contributed by atoms with van der Waals surface area (Å²) < 4.78 is 64.7. The van der Waals surface area contributed by atoms with Gasteiger partial charge in [-0.15, -0.1) is 0 Å². The van der Waals surface area contributed by atoms with Crippen molar-refractivity contribution in [1.82, 2.24) is 4.98 Å². The van der Waals surface area contributed by atoms with E-state index in [9.17, 15) is 26.7 Å². The molecular formula is C16H13F5N2O. The summed E-state index contributed by atoms with van der Waals surface area (Å²) in [7, 11) is 0. The highest BCUT2D eigenvalue weighted by Crippen LogP contribution is 2.22. The lowest BCUT2D eigenvalue weighted by Crippen LogP contribution is -2.39. The number of amides is 1. The monoisotopic (exact) mass is 344 g/mol. The fourth-order valence-corrected chi connectivity index (χ4v) is 2.10. The summed E-state index contributed by atoms with van der Waals surface area (Å²) in [6.45, 7) is -1.51. The van der Waals surface area contributed by atoms with Crippen LogP contribution in [0.15, 0.2) is 42.6 Å². The largest absolute Gasteiger partial charge is 0.406 e. The molecular weight excluding hydrogens is 331 g/mol. The SMILES string of the molecule is O=C(CCc1cc(F)ccc1F)N(CC(F)(F)F)c1ccccn1. The smallest absolute Gasteiger partial charge is 0.288 e. The zero-order valence-electron chi connectivity index (χ0n) is 12.4. The minimum atomic E-state index is -4.61. The molecule has 0 fully saturated rings. The van der Waals surface area contributed by atoms with E-state index in [0.29, 0.717) is 4.90 Å². The van der Waals surface area contributed by atoms with Gasteiger partial charge in [0, 0.05) is 12.6 Å². The molecule has 0 aliphatic carbocycles. The number of alkyl halides is 3. The van der Waals surface area contributed by atoms with Crippen LogP contribution in [-0.4, -0.2) is 23.6 Å². The Bertz CT molecular complexity index is 703. The molecule has 0 aliphatic rings. The number of nitrogens with zero attached hydrogens (tertiary/aromatic N) is 2. The molecule has 0 saturated carbocycles. The first kappa shape index (κ1) is 17.8. The van der Waals surface area contributed by atoms with Crippen LogP contribution >= 0.6 is 0 Å². The first-order valence-electron chi connectivity index (χ1n) is 6.98. The third-order valence-corrected chi connectivity index (χ3v) is 3.18. The van der Waals surface area contributed by atoms with E-state index in [0.717, 1.165) is 18.2 Å². The molecule has 1 aromatic carbocycles. The topological polar surface area (TPSA) is 33.2 Å². The van der Waals surface area contributed by atoms with E-state index in [2.05, 4.69) is 4.98 Å². The molecule has 0 atom stereocenters. The summed E-state index contributed by atoms with van der Waals surface area (Å²) in [6.07, 6.45) is -3.98. The minimum Gasteiger partial charge on any atom is -0.288 e. The standard InChI is InChI=1S/C16H13F5N2O/c17-12-5-6-13(18)11(9-12)4-7-15(24)23(10-16(19,20)21)14-3-1-2-8-22-14/h1-3,5-6,8-9H,4,7,10H2. The first-order valence-corrected chi connectivity index (χ1v) is 6.98. The molecule has 3 nitrogen and oxygen atoms in total. The quantitative estimate of drug-likeness (QED) is 0.771. The predicted molar refractivity (Wildman–Crippen MR) is 77.3 cm³/mol.